The summed E-state index contributed by atoms with van der Waals surface area (Å²) in [5.74, 6) is -0.689. The van der Waals surface area contributed by atoms with Gasteiger partial charge < -0.3 is 4.90 Å². The summed E-state index contributed by atoms with van der Waals surface area (Å²) >= 11 is 0. The number of nitrogens with zero attached hydrogens (tertiary/aromatic N) is 1. The molecule has 1 aromatic carbocycles. The highest BCUT2D eigenvalue weighted by molar-refractivity contribution is 5.25. The van der Waals surface area contributed by atoms with Gasteiger partial charge in [0.2, 0.25) is 0 Å². The summed E-state index contributed by atoms with van der Waals surface area (Å²) in [6, 6.07) is 2.48. The summed E-state index contributed by atoms with van der Waals surface area (Å²) < 4.78 is 26.2. The van der Waals surface area contributed by atoms with Crippen molar-refractivity contribution >= 4 is 0 Å². The maximum Gasteiger partial charge on any atom is 0.128 e. The minimum absolute atomic E-state index is 0.340. The smallest absolute Gasteiger partial charge is 0.128 e. The summed E-state index contributed by atoms with van der Waals surface area (Å²) in [4.78, 5) is 1.80. The van der Waals surface area contributed by atoms with Gasteiger partial charge in [-0.2, -0.15) is 0 Å². The van der Waals surface area contributed by atoms with E-state index in [2.05, 4.69) is 0 Å². The molecule has 0 spiro atoms. The highest BCUT2D eigenvalue weighted by atomic mass is 19.1. The van der Waals surface area contributed by atoms with E-state index in [0.717, 1.165) is 0 Å². The molecule has 0 saturated heterocycles. The fraction of sp³-hybridized carbons (Fsp3) is 0.500. The molecule has 1 nitrogen and oxygen atoms in total. The Hall–Kier alpha value is -0.960. The lowest BCUT2D eigenvalue weighted by Gasteiger charge is -2.11. The van der Waals surface area contributed by atoms with Crippen LogP contribution < -0.4 is 0 Å². The van der Waals surface area contributed by atoms with Gasteiger partial charge in [0, 0.05) is 12.1 Å². The van der Waals surface area contributed by atoms with Gasteiger partial charge in [-0.1, -0.05) is 13.8 Å². The highest BCUT2D eigenvalue weighted by Gasteiger charge is 2.07. The van der Waals surface area contributed by atoms with Gasteiger partial charge in [0.05, 0.1) is 0 Å². The predicted octanol–water partition coefficient (Wildman–Crippen LogP) is 3.36. The van der Waals surface area contributed by atoms with E-state index < -0.39 is 0 Å². The monoisotopic (exact) mass is 215 g/mol. The van der Waals surface area contributed by atoms with Crippen molar-refractivity contribution in [3.05, 3.63) is 34.9 Å². The molecule has 0 fully saturated rings. The lowest BCUT2D eigenvalue weighted by atomic mass is 10.1. The zero-order valence-electron chi connectivity index (χ0n) is 10.1. The lowest BCUT2D eigenvalue weighted by Crippen LogP contribution is -2.12. The molecular formula is C12H19F2N. The van der Waals surface area contributed by atoms with Crippen molar-refractivity contribution < 1.29 is 8.78 Å². The van der Waals surface area contributed by atoms with Gasteiger partial charge in [0.25, 0.3) is 0 Å². The number of benzene rings is 1. The number of rotatable bonds is 2. The molecule has 0 aromatic heterocycles. The predicted molar refractivity (Wildman–Crippen MR) is 59.8 cm³/mol. The van der Waals surface area contributed by atoms with Crippen molar-refractivity contribution in [3.8, 4) is 0 Å². The molecule has 0 N–H and O–H groups in total. The van der Waals surface area contributed by atoms with Gasteiger partial charge in [0.1, 0.15) is 11.6 Å². The second kappa shape index (κ2) is 6.51. The summed E-state index contributed by atoms with van der Waals surface area (Å²) in [6.07, 6.45) is 0. The quantitative estimate of drug-likeness (QED) is 0.731. The Kier molecular flexibility index (Phi) is 6.09. The van der Waals surface area contributed by atoms with E-state index in [4.69, 9.17) is 0 Å². The van der Waals surface area contributed by atoms with Crippen LogP contribution in [0.2, 0.25) is 0 Å². The Bertz CT molecular complexity index is 309. The molecule has 0 atom stereocenters. The van der Waals surface area contributed by atoms with E-state index in [9.17, 15) is 8.78 Å². The zero-order chi connectivity index (χ0) is 12.0. The average Bonchev–Trinajstić information content (AvgIpc) is 2.17. The summed E-state index contributed by atoms with van der Waals surface area (Å²) in [5.41, 5.74) is 0.744. The number of aryl methyl sites for hydroxylation is 1. The molecule has 0 saturated carbocycles. The third kappa shape index (κ3) is 4.38. The van der Waals surface area contributed by atoms with Gasteiger partial charge in [-0.3, -0.25) is 0 Å². The number of halogens is 2. The van der Waals surface area contributed by atoms with E-state index in [1.165, 1.54) is 12.1 Å². The first-order valence-electron chi connectivity index (χ1n) is 5.10. The van der Waals surface area contributed by atoms with E-state index in [1.807, 2.05) is 27.9 Å². The third-order valence-corrected chi connectivity index (χ3v) is 1.81. The molecule has 0 heterocycles. The molecule has 0 amide bonds. The van der Waals surface area contributed by atoms with Crippen LogP contribution in [0.15, 0.2) is 12.1 Å². The molecule has 0 bridgehead atoms. The molecule has 0 aliphatic carbocycles. The molecule has 0 radical (unpaired) electrons. The Morgan fingerprint density at radius 3 is 2.07 bits per heavy atom. The molecule has 1 aromatic rings. The summed E-state index contributed by atoms with van der Waals surface area (Å²) in [6.45, 7) is 5.97. The fourth-order valence-electron chi connectivity index (χ4n) is 1.15. The fourth-order valence-corrected chi connectivity index (χ4v) is 1.15. The minimum Gasteiger partial charge on any atom is -0.305 e. The van der Waals surface area contributed by atoms with E-state index in [1.54, 1.807) is 11.8 Å². The summed E-state index contributed by atoms with van der Waals surface area (Å²) in [5, 5.41) is 0. The molecule has 86 valence electrons. The largest absolute Gasteiger partial charge is 0.305 e. The first kappa shape index (κ1) is 14.0. The summed E-state index contributed by atoms with van der Waals surface area (Å²) in [7, 11) is 3.63. The van der Waals surface area contributed by atoms with Crippen LogP contribution in [0.25, 0.3) is 0 Å². The van der Waals surface area contributed by atoms with E-state index in [0.29, 0.717) is 17.7 Å². The number of hydrogen-bond donors (Lipinski definition) is 0. The molecule has 0 aliphatic rings. The Morgan fingerprint density at radius 2 is 1.60 bits per heavy atom. The van der Waals surface area contributed by atoms with Crippen LogP contribution in [0.5, 0.6) is 0 Å². The normalized spacial score (nSPS) is 9.87. The SMILES string of the molecule is CC.Cc1cc(F)c(CN(C)C)cc1F. The van der Waals surface area contributed by atoms with Crippen molar-refractivity contribution in [2.75, 3.05) is 14.1 Å². The van der Waals surface area contributed by atoms with Crippen molar-refractivity contribution in [3.63, 3.8) is 0 Å². The van der Waals surface area contributed by atoms with Crippen LogP contribution in [-0.2, 0) is 6.54 Å². The molecule has 0 unspecified atom stereocenters. The van der Waals surface area contributed by atoms with Crippen LogP contribution >= 0.6 is 0 Å². The van der Waals surface area contributed by atoms with Crippen molar-refractivity contribution in [1.29, 1.82) is 0 Å². The molecule has 15 heavy (non-hydrogen) atoms. The second-order valence-electron chi connectivity index (χ2n) is 3.43. The molecule has 3 heteroatoms. The zero-order valence-corrected chi connectivity index (χ0v) is 10.1. The van der Waals surface area contributed by atoms with Gasteiger partial charge in [0.15, 0.2) is 0 Å². The standard InChI is InChI=1S/C10H13F2N.C2H6/c1-7-4-10(12)8(5-9(7)11)6-13(2)3;1-2/h4-5H,6H2,1-3H3;1-2H3. The van der Waals surface area contributed by atoms with Crippen LogP contribution in [-0.4, -0.2) is 19.0 Å². The first-order valence-corrected chi connectivity index (χ1v) is 5.10. The Balaban J connectivity index is 0.000000921. The van der Waals surface area contributed by atoms with Crippen LogP contribution in [0.3, 0.4) is 0 Å². The topological polar surface area (TPSA) is 3.24 Å². The molecule has 1 rings (SSSR count). The van der Waals surface area contributed by atoms with Crippen molar-refractivity contribution in [2.45, 2.75) is 27.3 Å². The Labute approximate surface area is 90.7 Å². The second-order valence-corrected chi connectivity index (χ2v) is 3.43. The van der Waals surface area contributed by atoms with E-state index >= 15 is 0 Å². The van der Waals surface area contributed by atoms with Gasteiger partial charge >= 0.3 is 0 Å². The molecule has 0 aliphatic heterocycles. The van der Waals surface area contributed by atoms with Crippen LogP contribution in [0.1, 0.15) is 25.0 Å². The minimum atomic E-state index is -0.349. The maximum absolute atomic E-state index is 13.2. The maximum atomic E-state index is 13.2. The lowest BCUT2D eigenvalue weighted by molar-refractivity contribution is 0.391. The number of hydrogen-bond acceptors (Lipinski definition) is 1. The average molecular weight is 215 g/mol. The highest BCUT2D eigenvalue weighted by Crippen LogP contribution is 2.14. The molecular weight excluding hydrogens is 196 g/mol. The third-order valence-electron chi connectivity index (χ3n) is 1.81. The van der Waals surface area contributed by atoms with Crippen LogP contribution in [0.4, 0.5) is 8.78 Å². The Morgan fingerprint density at radius 1 is 1.07 bits per heavy atom. The first-order chi connectivity index (χ1) is 7.00. The van der Waals surface area contributed by atoms with Gasteiger partial charge in [-0.15, -0.1) is 0 Å². The van der Waals surface area contributed by atoms with Crippen molar-refractivity contribution in [1.82, 2.24) is 4.90 Å². The van der Waals surface area contributed by atoms with Gasteiger partial charge in [-0.25, -0.2) is 8.78 Å². The van der Waals surface area contributed by atoms with Crippen molar-refractivity contribution in [2.24, 2.45) is 0 Å². The van der Waals surface area contributed by atoms with E-state index in [-0.39, 0.29) is 11.6 Å². The van der Waals surface area contributed by atoms with Crippen LogP contribution in [0, 0.1) is 18.6 Å². The van der Waals surface area contributed by atoms with Gasteiger partial charge in [-0.05, 0) is 38.7 Å².